The van der Waals surface area contributed by atoms with Crippen molar-refractivity contribution in [1.82, 2.24) is 9.88 Å². The SMILES string of the molecule is NC(=O)c1cccc(-c2cccc([C@H]3CCCN(C(=O)c4ccc(F)cc4)C3)n2)c1. The number of piperidine rings is 1. The summed E-state index contributed by atoms with van der Waals surface area (Å²) in [6.07, 6.45) is 1.81. The van der Waals surface area contributed by atoms with E-state index in [1.54, 1.807) is 18.2 Å². The summed E-state index contributed by atoms with van der Waals surface area (Å²) in [4.78, 5) is 30.9. The number of likely N-dealkylation sites (tertiary alicyclic amines) is 1. The third-order valence-electron chi connectivity index (χ3n) is 5.43. The molecule has 1 aromatic heterocycles. The van der Waals surface area contributed by atoms with E-state index in [1.807, 2.05) is 29.2 Å². The number of halogens is 1. The van der Waals surface area contributed by atoms with Gasteiger partial charge in [-0.15, -0.1) is 0 Å². The first-order valence-corrected chi connectivity index (χ1v) is 9.93. The number of hydrogen-bond donors (Lipinski definition) is 1. The predicted molar refractivity (Wildman–Crippen MR) is 112 cm³/mol. The lowest BCUT2D eigenvalue weighted by Gasteiger charge is -2.32. The van der Waals surface area contributed by atoms with Crippen molar-refractivity contribution in [2.24, 2.45) is 5.73 Å². The number of nitrogens with zero attached hydrogens (tertiary/aromatic N) is 2. The van der Waals surface area contributed by atoms with E-state index in [9.17, 15) is 14.0 Å². The molecule has 0 aliphatic carbocycles. The zero-order valence-electron chi connectivity index (χ0n) is 16.4. The standard InChI is InChI=1S/C24H22FN3O2/c25-20-11-9-16(10-12-20)24(30)28-13-3-6-19(15-28)22-8-2-7-21(27-22)17-4-1-5-18(14-17)23(26)29/h1-2,4-5,7-12,14,19H,3,6,13,15H2,(H2,26,29)/t19-/m0/s1. The molecule has 0 bridgehead atoms. The number of benzene rings is 2. The van der Waals surface area contributed by atoms with Crippen LogP contribution in [-0.4, -0.2) is 34.8 Å². The highest BCUT2D eigenvalue weighted by Crippen LogP contribution is 2.28. The molecule has 1 aliphatic heterocycles. The number of primary amides is 1. The Morgan fingerprint density at radius 1 is 1.00 bits per heavy atom. The predicted octanol–water partition coefficient (Wildman–Crippen LogP) is 4.01. The van der Waals surface area contributed by atoms with Crippen molar-refractivity contribution in [1.29, 1.82) is 0 Å². The molecule has 152 valence electrons. The van der Waals surface area contributed by atoms with Crippen LogP contribution in [0.4, 0.5) is 4.39 Å². The van der Waals surface area contributed by atoms with Gasteiger partial charge >= 0.3 is 0 Å². The Hall–Kier alpha value is -3.54. The van der Waals surface area contributed by atoms with Gasteiger partial charge in [-0.2, -0.15) is 0 Å². The molecule has 4 rings (SSSR count). The third-order valence-corrected chi connectivity index (χ3v) is 5.43. The molecular formula is C24H22FN3O2. The summed E-state index contributed by atoms with van der Waals surface area (Å²) in [6.45, 7) is 1.24. The van der Waals surface area contributed by atoms with Gasteiger partial charge in [0.1, 0.15) is 5.82 Å². The number of amides is 2. The molecule has 0 spiro atoms. The number of carbonyl (C=O) groups is 2. The van der Waals surface area contributed by atoms with Gasteiger partial charge < -0.3 is 10.6 Å². The van der Waals surface area contributed by atoms with E-state index in [1.165, 1.54) is 24.3 Å². The largest absolute Gasteiger partial charge is 0.366 e. The fourth-order valence-electron chi connectivity index (χ4n) is 3.85. The van der Waals surface area contributed by atoms with Crippen molar-refractivity contribution in [3.8, 4) is 11.3 Å². The van der Waals surface area contributed by atoms with Crippen LogP contribution in [0, 0.1) is 5.82 Å². The number of hydrogen-bond acceptors (Lipinski definition) is 3. The van der Waals surface area contributed by atoms with E-state index >= 15 is 0 Å². The fraction of sp³-hybridized carbons (Fsp3) is 0.208. The van der Waals surface area contributed by atoms with Crippen LogP contribution in [0.2, 0.25) is 0 Å². The zero-order valence-corrected chi connectivity index (χ0v) is 16.4. The Balaban J connectivity index is 1.55. The summed E-state index contributed by atoms with van der Waals surface area (Å²) in [7, 11) is 0. The van der Waals surface area contributed by atoms with Crippen LogP contribution in [0.15, 0.2) is 66.7 Å². The topological polar surface area (TPSA) is 76.3 Å². The summed E-state index contributed by atoms with van der Waals surface area (Å²) in [5, 5.41) is 0. The maximum absolute atomic E-state index is 13.2. The summed E-state index contributed by atoms with van der Waals surface area (Å²) in [5.74, 6) is -0.813. The molecular weight excluding hydrogens is 381 g/mol. The number of nitrogens with two attached hydrogens (primary N) is 1. The molecule has 0 saturated carbocycles. The second-order valence-electron chi connectivity index (χ2n) is 7.49. The van der Waals surface area contributed by atoms with Gasteiger partial charge in [-0.3, -0.25) is 14.6 Å². The second-order valence-corrected chi connectivity index (χ2v) is 7.49. The highest BCUT2D eigenvalue weighted by molar-refractivity contribution is 5.94. The first-order chi connectivity index (χ1) is 14.5. The van der Waals surface area contributed by atoms with Gasteiger partial charge in [0, 0.05) is 41.4 Å². The summed E-state index contributed by atoms with van der Waals surface area (Å²) in [5.41, 5.74) is 8.81. The summed E-state index contributed by atoms with van der Waals surface area (Å²) >= 11 is 0. The molecule has 2 N–H and O–H groups in total. The average molecular weight is 403 g/mol. The van der Waals surface area contributed by atoms with E-state index in [-0.39, 0.29) is 17.6 Å². The van der Waals surface area contributed by atoms with Crippen LogP contribution in [0.1, 0.15) is 45.2 Å². The first kappa shape index (κ1) is 19.8. The molecule has 0 unspecified atom stereocenters. The van der Waals surface area contributed by atoms with E-state index in [4.69, 9.17) is 10.7 Å². The van der Waals surface area contributed by atoms with Crippen molar-refractivity contribution in [2.45, 2.75) is 18.8 Å². The summed E-state index contributed by atoms with van der Waals surface area (Å²) < 4.78 is 13.2. The van der Waals surface area contributed by atoms with Gasteiger partial charge in [0.25, 0.3) is 5.91 Å². The Bertz CT molecular complexity index is 1080. The highest BCUT2D eigenvalue weighted by atomic mass is 19.1. The van der Waals surface area contributed by atoms with Crippen LogP contribution in [0.5, 0.6) is 0 Å². The molecule has 1 atom stereocenters. The van der Waals surface area contributed by atoms with Crippen LogP contribution >= 0.6 is 0 Å². The van der Waals surface area contributed by atoms with Crippen LogP contribution < -0.4 is 5.73 Å². The Morgan fingerprint density at radius 2 is 1.77 bits per heavy atom. The molecule has 0 radical (unpaired) electrons. The van der Waals surface area contributed by atoms with Gasteiger partial charge in [0.15, 0.2) is 0 Å². The molecule has 2 amide bonds. The molecule has 6 heteroatoms. The van der Waals surface area contributed by atoms with Gasteiger partial charge in [-0.1, -0.05) is 18.2 Å². The number of aromatic nitrogens is 1. The lowest BCUT2D eigenvalue weighted by molar-refractivity contribution is 0.0705. The number of pyridine rings is 1. The molecule has 2 heterocycles. The van der Waals surface area contributed by atoms with Crippen LogP contribution in [0.3, 0.4) is 0 Å². The van der Waals surface area contributed by atoms with E-state index in [2.05, 4.69) is 0 Å². The van der Waals surface area contributed by atoms with Crippen molar-refractivity contribution in [2.75, 3.05) is 13.1 Å². The lowest BCUT2D eigenvalue weighted by Crippen LogP contribution is -2.39. The third kappa shape index (κ3) is 4.22. The quantitative estimate of drug-likeness (QED) is 0.715. The molecule has 30 heavy (non-hydrogen) atoms. The van der Waals surface area contributed by atoms with Gasteiger partial charge in [0.2, 0.25) is 5.91 Å². The van der Waals surface area contributed by atoms with E-state index < -0.39 is 5.91 Å². The number of rotatable bonds is 4. The van der Waals surface area contributed by atoms with E-state index in [0.717, 1.165) is 29.8 Å². The fourth-order valence-corrected chi connectivity index (χ4v) is 3.85. The first-order valence-electron chi connectivity index (χ1n) is 9.93. The van der Waals surface area contributed by atoms with Crippen LogP contribution in [0.25, 0.3) is 11.3 Å². The molecule has 2 aromatic carbocycles. The number of carbonyl (C=O) groups excluding carboxylic acids is 2. The maximum atomic E-state index is 13.2. The van der Waals surface area contributed by atoms with Crippen molar-refractivity contribution < 1.29 is 14.0 Å². The minimum Gasteiger partial charge on any atom is -0.366 e. The molecule has 5 nitrogen and oxygen atoms in total. The molecule has 3 aromatic rings. The highest BCUT2D eigenvalue weighted by Gasteiger charge is 2.26. The smallest absolute Gasteiger partial charge is 0.253 e. The van der Waals surface area contributed by atoms with Crippen LogP contribution in [-0.2, 0) is 0 Å². The Kier molecular flexibility index (Phi) is 5.57. The minimum atomic E-state index is -0.477. The van der Waals surface area contributed by atoms with Crippen molar-refractivity contribution in [3.05, 3.63) is 89.4 Å². The van der Waals surface area contributed by atoms with E-state index in [0.29, 0.717) is 24.2 Å². The molecule has 1 saturated heterocycles. The molecule has 1 aliphatic rings. The minimum absolute atomic E-state index is 0.0926. The Labute approximate surface area is 174 Å². The van der Waals surface area contributed by atoms with Gasteiger partial charge in [-0.05, 0) is 61.4 Å². The lowest BCUT2D eigenvalue weighted by atomic mass is 9.93. The second kappa shape index (κ2) is 8.45. The monoisotopic (exact) mass is 403 g/mol. The normalized spacial score (nSPS) is 16.3. The summed E-state index contributed by atoms with van der Waals surface area (Å²) in [6, 6.07) is 18.5. The molecule has 1 fully saturated rings. The van der Waals surface area contributed by atoms with Crippen molar-refractivity contribution >= 4 is 11.8 Å². The maximum Gasteiger partial charge on any atom is 0.253 e. The van der Waals surface area contributed by atoms with Gasteiger partial charge in [0.05, 0.1) is 5.69 Å². The Morgan fingerprint density at radius 3 is 2.53 bits per heavy atom. The van der Waals surface area contributed by atoms with Crippen molar-refractivity contribution in [3.63, 3.8) is 0 Å². The van der Waals surface area contributed by atoms with Gasteiger partial charge in [-0.25, -0.2) is 4.39 Å². The zero-order chi connectivity index (χ0) is 21.1. The average Bonchev–Trinajstić information content (AvgIpc) is 2.79.